The molecule has 1 heterocycles. The molecule has 1 saturated carbocycles. The first-order valence-corrected chi connectivity index (χ1v) is 7.08. The monoisotopic (exact) mass is 263 g/mol. The Morgan fingerprint density at radius 2 is 2.16 bits per heavy atom. The number of carbonyl (C=O) groups is 1. The van der Waals surface area contributed by atoms with Gasteiger partial charge < -0.3 is 9.84 Å². The Balaban J connectivity index is 2.22. The molecule has 0 aromatic carbocycles. The van der Waals surface area contributed by atoms with E-state index in [0.29, 0.717) is 18.3 Å². The quantitative estimate of drug-likeness (QED) is 0.881. The molecule has 0 radical (unpaired) electrons. The Bertz CT molecular complexity index is 439. The Hall–Kier alpha value is -1.58. The molecule has 104 valence electrons. The van der Waals surface area contributed by atoms with Crippen LogP contribution < -0.4 is 4.74 Å². The van der Waals surface area contributed by atoms with Gasteiger partial charge in [-0.3, -0.25) is 4.98 Å². The first kappa shape index (κ1) is 13.8. The average Bonchev–Trinajstić information content (AvgIpc) is 2.45. The fraction of sp³-hybridized carbons (Fsp3) is 0.600. The van der Waals surface area contributed by atoms with Crippen LogP contribution in [0.4, 0.5) is 0 Å². The van der Waals surface area contributed by atoms with E-state index in [4.69, 9.17) is 4.74 Å². The molecule has 0 spiro atoms. The summed E-state index contributed by atoms with van der Waals surface area (Å²) in [6.45, 7) is 2.51. The predicted octanol–water partition coefficient (Wildman–Crippen LogP) is 3.62. The van der Waals surface area contributed by atoms with Crippen molar-refractivity contribution in [2.24, 2.45) is 0 Å². The molecule has 0 amide bonds. The number of carboxylic acid groups (broad SMARTS) is 1. The van der Waals surface area contributed by atoms with Crippen LogP contribution in [0.3, 0.4) is 0 Å². The molecule has 19 heavy (non-hydrogen) atoms. The number of aromatic carboxylic acids is 1. The molecule has 0 aliphatic heterocycles. The van der Waals surface area contributed by atoms with Crippen LogP contribution in [-0.2, 0) is 0 Å². The van der Waals surface area contributed by atoms with Crippen LogP contribution in [0.5, 0.6) is 5.75 Å². The van der Waals surface area contributed by atoms with E-state index in [1.807, 2.05) is 6.92 Å². The second-order valence-corrected chi connectivity index (χ2v) is 5.09. The topological polar surface area (TPSA) is 59.4 Å². The van der Waals surface area contributed by atoms with E-state index < -0.39 is 5.97 Å². The molecule has 1 aromatic heterocycles. The van der Waals surface area contributed by atoms with Gasteiger partial charge in [-0.05, 0) is 25.3 Å². The molecule has 4 nitrogen and oxygen atoms in total. The van der Waals surface area contributed by atoms with Crippen molar-refractivity contribution in [1.29, 1.82) is 0 Å². The maximum absolute atomic E-state index is 11.3. The van der Waals surface area contributed by atoms with Gasteiger partial charge in [-0.25, -0.2) is 4.79 Å². The number of aromatic nitrogens is 1. The maximum atomic E-state index is 11.3. The summed E-state index contributed by atoms with van der Waals surface area (Å²) in [6.07, 6.45) is 8.35. The molecule has 4 heteroatoms. The van der Waals surface area contributed by atoms with Gasteiger partial charge in [0.1, 0.15) is 5.56 Å². The summed E-state index contributed by atoms with van der Waals surface area (Å²) in [7, 11) is 0. The van der Waals surface area contributed by atoms with Crippen molar-refractivity contribution in [3.8, 4) is 5.75 Å². The predicted molar refractivity (Wildman–Crippen MR) is 72.8 cm³/mol. The number of carboxylic acids is 1. The zero-order valence-corrected chi connectivity index (χ0v) is 11.4. The van der Waals surface area contributed by atoms with Gasteiger partial charge in [0, 0.05) is 11.6 Å². The Kier molecular flexibility index (Phi) is 4.77. The van der Waals surface area contributed by atoms with Crippen molar-refractivity contribution in [3.63, 3.8) is 0 Å². The Morgan fingerprint density at radius 3 is 2.79 bits per heavy atom. The molecule has 0 unspecified atom stereocenters. The molecule has 1 fully saturated rings. The van der Waals surface area contributed by atoms with E-state index in [1.165, 1.54) is 19.3 Å². The summed E-state index contributed by atoms with van der Waals surface area (Å²) in [5.41, 5.74) is 1.14. The molecule has 1 aliphatic rings. The van der Waals surface area contributed by atoms with Gasteiger partial charge in [-0.2, -0.15) is 0 Å². The first-order chi connectivity index (χ1) is 9.22. The fourth-order valence-electron chi connectivity index (χ4n) is 2.57. The highest BCUT2D eigenvalue weighted by atomic mass is 16.5. The third kappa shape index (κ3) is 3.46. The van der Waals surface area contributed by atoms with E-state index in [-0.39, 0.29) is 5.56 Å². The number of ether oxygens (including phenoxy) is 1. The SMILES string of the molecule is CCCOc1cnc(C2CCCCC2)cc1C(=O)O. The van der Waals surface area contributed by atoms with Crippen LogP contribution in [0, 0.1) is 0 Å². The summed E-state index contributed by atoms with van der Waals surface area (Å²) in [6, 6.07) is 1.70. The number of rotatable bonds is 5. The van der Waals surface area contributed by atoms with E-state index in [0.717, 1.165) is 25.0 Å². The number of hydrogen-bond donors (Lipinski definition) is 1. The Morgan fingerprint density at radius 1 is 1.42 bits per heavy atom. The fourth-order valence-corrected chi connectivity index (χ4v) is 2.57. The molecule has 0 saturated heterocycles. The largest absolute Gasteiger partial charge is 0.491 e. The highest BCUT2D eigenvalue weighted by Gasteiger charge is 2.20. The van der Waals surface area contributed by atoms with Gasteiger partial charge in [0.15, 0.2) is 5.75 Å². The lowest BCUT2D eigenvalue weighted by Crippen LogP contribution is -2.10. The van der Waals surface area contributed by atoms with Gasteiger partial charge in [0.2, 0.25) is 0 Å². The third-order valence-corrected chi connectivity index (χ3v) is 3.60. The number of nitrogens with zero attached hydrogens (tertiary/aromatic N) is 1. The van der Waals surface area contributed by atoms with Crippen LogP contribution in [0.2, 0.25) is 0 Å². The summed E-state index contributed by atoms with van der Waals surface area (Å²) in [5, 5.41) is 9.28. The standard InChI is InChI=1S/C15H21NO3/c1-2-8-19-14-10-16-13(9-12(14)15(17)18)11-6-4-3-5-7-11/h9-11H,2-8H2,1H3,(H,17,18). The lowest BCUT2D eigenvalue weighted by atomic mass is 9.86. The van der Waals surface area contributed by atoms with Gasteiger partial charge in [-0.1, -0.05) is 26.2 Å². The van der Waals surface area contributed by atoms with Crippen molar-refractivity contribution >= 4 is 5.97 Å². The van der Waals surface area contributed by atoms with Gasteiger partial charge >= 0.3 is 5.97 Å². The summed E-state index contributed by atoms with van der Waals surface area (Å²) >= 11 is 0. The van der Waals surface area contributed by atoms with E-state index in [2.05, 4.69) is 4.98 Å². The molecule has 1 N–H and O–H groups in total. The van der Waals surface area contributed by atoms with E-state index in [1.54, 1.807) is 12.3 Å². The molecular formula is C15H21NO3. The molecule has 0 atom stereocenters. The van der Waals surface area contributed by atoms with Crippen molar-refractivity contribution in [2.75, 3.05) is 6.61 Å². The van der Waals surface area contributed by atoms with Crippen LogP contribution in [-0.4, -0.2) is 22.7 Å². The minimum atomic E-state index is -0.939. The van der Waals surface area contributed by atoms with Crippen LogP contribution in [0.15, 0.2) is 12.3 Å². The molecule has 1 aliphatic carbocycles. The van der Waals surface area contributed by atoms with Crippen LogP contribution in [0.25, 0.3) is 0 Å². The molecule has 1 aromatic rings. The minimum absolute atomic E-state index is 0.240. The van der Waals surface area contributed by atoms with Crippen molar-refractivity contribution in [1.82, 2.24) is 4.98 Å². The van der Waals surface area contributed by atoms with E-state index >= 15 is 0 Å². The van der Waals surface area contributed by atoms with Crippen LogP contribution in [0.1, 0.15) is 67.4 Å². The number of pyridine rings is 1. The molecular weight excluding hydrogens is 242 g/mol. The third-order valence-electron chi connectivity index (χ3n) is 3.60. The van der Waals surface area contributed by atoms with Crippen molar-refractivity contribution < 1.29 is 14.6 Å². The van der Waals surface area contributed by atoms with Gasteiger partial charge in [-0.15, -0.1) is 0 Å². The normalized spacial score (nSPS) is 16.3. The first-order valence-electron chi connectivity index (χ1n) is 7.08. The lowest BCUT2D eigenvalue weighted by Gasteiger charge is -2.21. The minimum Gasteiger partial charge on any atom is -0.491 e. The summed E-state index contributed by atoms with van der Waals surface area (Å²) in [5.74, 6) is -0.147. The zero-order chi connectivity index (χ0) is 13.7. The highest BCUT2D eigenvalue weighted by Crippen LogP contribution is 2.33. The average molecular weight is 263 g/mol. The van der Waals surface area contributed by atoms with E-state index in [9.17, 15) is 9.90 Å². The zero-order valence-electron chi connectivity index (χ0n) is 11.4. The second kappa shape index (κ2) is 6.55. The Labute approximate surface area is 113 Å². The lowest BCUT2D eigenvalue weighted by molar-refractivity contribution is 0.0691. The van der Waals surface area contributed by atoms with Crippen molar-refractivity contribution in [2.45, 2.75) is 51.4 Å². The van der Waals surface area contributed by atoms with Gasteiger partial charge in [0.25, 0.3) is 0 Å². The second-order valence-electron chi connectivity index (χ2n) is 5.09. The van der Waals surface area contributed by atoms with Crippen LogP contribution >= 0.6 is 0 Å². The van der Waals surface area contributed by atoms with Gasteiger partial charge in [0.05, 0.1) is 12.8 Å². The smallest absolute Gasteiger partial charge is 0.339 e. The van der Waals surface area contributed by atoms with Crippen molar-refractivity contribution in [3.05, 3.63) is 23.5 Å². The summed E-state index contributed by atoms with van der Waals surface area (Å²) < 4.78 is 5.45. The molecule has 2 rings (SSSR count). The highest BCUT2D eigenvalue weighted by molar-refractivity contribution is 5.90. The summed E-state index contributed by atoms with van der Waals surface area (Å²) in [4.78, 5) is 15.7. The maximum Gasteiger partial charge on any atom is 0.339 e. The molecule has 0 bridgehead atoms. The number of hydrogen-bond acceptors (Lipinski definition) is 3.